The van der Waals surface area contributed by atoms with Crippen LogP contribution in [0.25, 0.3) is 0 Å². The molecule has 3 heterocycles. The molecule has 5 rings (SSSR count). The third kappa shape index (κ3) is 6.85. The van der Waals surface area contributed by atoms with Gasteiger partial charge in [-0.2, -0.15) is 0 Å². The molecule has 1 aliphatic heterocycles. The van der Waals surface area contributed by atoms with Crippen molar-refractivity contribution < 1.29 is 33.2 Å². The summed E-state index contributed by atoms with van der Waals surface area (Å²) < 4.78 is 43.0. The summed E-state index contributed by atoms with van der Waals surface area (Å²) in [6, 6.07) is 6.72. The van der Waals surface area contributed by atoms with Gasteiger partial charge >= 0.3 is 237 Å². The van der Waals surface area contributed by atoms with Gasteiger partial charge in [-0.3, -0.25) is 0 Å². The van der Waals surface area contributed by atoms with Crippen LogP contribution in [0.15, 0.2) is 47.6 Å². The Hall–Kier alpha value is -2.33. The van der Waals surface area contributed by atoms with Gasteiger partial charge in [0.1, 0.15) is 0 Å². The maximum atomic E-state index is 12.5. The molecule has 3 unspecified atom stereocenters. The summed E-state index contributed by atoms with van der Waals surface area (Å²) in [6.07, 6.45) is -3.67. The van der Waals surface area contributed by atoms with E-state index >= 15 is 0 Å². The Morgan fingerprint density at radius 2 is 1.83 bits per heavy atom. The van der Waals surface area contributed by atoms with E-state index in [0.717, 1.165) is 11.3 Å². The van der Waals surface area contributed by atoms with E-state index in [1.54, 1.807) is 37.0 Å². The molecule has 14 heteroatoms. The van der Waals surface area contributed by atoms with Crippen LogP contribution in [0.3, 0.4) is 0 Å². The first-order chi connectivity index (χ1) is 19.4. The van der Waals surface area contributed by atoms with Crippen molar-refractivity contribution in [1.82, 2.24) is 15.0 Å². The van der Waals surface area contributed by atoms with Gasteiger partial charge in [0.05, 0.1) is 0 Å². The Morgan fingerprint density at radius 1 is 1.10 bits per heavy atom. The number of nitrogens with zero attached hydrogens (tertiary/aromatic N) is 3. The molecule has 1 saturated carbocycles. The quantitative estimate of drug-likeness (QED) is 0.224. The summed E-state index contributed by atoms with van der Waals surface area (Å²) in [5.74, 6) is 0.0651. The molecule has 2 aromatic heterocycles. The van der Waals surface area contributed by atoms with Gasteiger partial charge in [-0.15, -0.1) is 13.2 Å². The van der Waals surface area contributed by atoms with E-state index in [1.807, 2.05) is 26.1 Å². The molecule has 0 bridgehead atoms. The number of aliphatic hydroxyl groups is 3. The molecule has 1 aliphatic carbocycles. The molecule has 0 saturated heterocycles. The van der Waals surface area contributed by atoms with E-state index in [9.17, 15) is 28.5 Å². The second kappa shape index (κ2) is 12.1. The summed E-state index contributed by atoms with van der Waals surface area (Å²) in [5, 5.41) is 38.1. The van der Waals surface area contributed by atoms with Crippen LogP contribution in [-0.2, 0) is 0 Å². The fourth-order valence-corrected chi connectivity index (χ4v) is 12.8. The SMILES string of the molecule is Cc1nc(N[C@H](C)c2ccc(OC(F)(F)F)cc2)nc(N[C@@H]2CC(C(C)O)[C@@H](O)[C@H]2O)c1[CH]1Sc2ccnc[c]2[Sn]1. The number of hydrogen-bond acceptors (Lipinski definition) is 10. The van der Waals surface area contributed by atoms with Gasteiger partial charge in [0.25, 0.3) is 0 Å². The Balaban J connectivity index is 1.42. The summed E-state index contributed by atoms with van der Waals surface area (Å²) in [6.45, 7) is 5.34. The topological polar surface area (TPSA) is 133 Å². The van der Waals surface area contributed by atoms with Crippen LogP contribution in [0.5, 0.6) is 5.75 Å². The minimum absolute atomic E-state index is 0.156. The molecule has 1 fully saturated rings. The van der Waals surface area contributed by atoms with E-state index in [-0.39, 0.29) is 15.1 Å². The van der Waals surface area contributed by atoms with Gasteiger partial charge in [-0.05, 0) is 0 Å². The zero-order valence-electron chi connectivity index (χ0n) is 22.4. The average Bonchev–Trinajstić information content (AvgIpc) is 3.44. The van der Waals surface area contributed by atoms with Crippen LogP contribution in [0.2, 0.25) is 0 Å². The van der Waals surface area contributed by atoms with Crippen molar-refractivity contribution in [2.45, 2.75) is 72.1 Å². The summed E-state index contributed by atoms with van der Waals surface area (Å²) in [7, 11) is 0. The second-order valence-electron chi connectivity index (χ2n) is 10.3. The molecule has 1 aromatic carbocycles. The van der Waals surface area contributed by atoms with Crippen LogP contribution in [0.1, 0.15) is 46.4 Å². The van der Waals surface area contributed by atoms with E-state index in [4.69, 9.17) is 9.97 Å². The Kier molecular flexibility index (Phi) is 8.90. The first kappa shape index (κ1) is 30.1. The Bertz CT molecular complexity index is 1360. The van der Waals surface area contributed by atoms with Gasteiger partial charge in [-0.25, -0.2) is 0 Å². The molecule has 3 aromatic rings. The third-order valence-electron chi connectivity index (χ3n) is 7.34. The van der Waals surface area contributed by atoms with Crippen molar-refractivity contribution in [2.75, 3.05) is 10.6 Å². The summed E-state index contributed by atoms with van der Waals surface area (Å²) in [4.78, 5) is 15.0. The number of hydrogen-bond donors (Lipinski definition) is 5. The number of aryl methyl sites for hydroxylation is 1. The number of alkyl halides is 3. The number of benzene rings is 1. The molecule has 41 heavy (non-hydrogen) atoms. The van der Waals surface area contributed by atoms with Crippen molar-refractivity contribution in [1.29, 1.82) is 0 Å². The first-order valence-corrected chi connectivity index (χ1v) is 17.0. The van der Waals surface area contributed by atoms with E-state index in [0.29, 0.717) is 23.8 Å². The zero-order chi connectivity index (χ0) is 29.5. The Morgan fingerprint density at radius 3 is 2.46 bits per heavy atom. The molecule has 2 radical (unpaired) electrons. The number of thioether (sulfide) groups is 1. The zero-order valence-corrected chi connectivity index (χ0v) is 26.1. The maximum absolute atomic E-state index is 12.5. The van der Waals surface area contributed by atoms with E-state index in [2.05, 4.69) is 20.4 Å². The number of ether oxygens (including phenoxy) is 1. The molecule has 2 aliphatic rings. The molecule has 7 atom stereocenters. The summed E-state index contributed by atoms with van der Waals surface area (Å²) >= 11 is 0.629. The molecule has 218 valence electrons. The van der Waals surface area contributed by atoms with Crippen LogP contribution in [-0.4, -0.2) is 82.1 Å². The molecule has 9 nitrogen and oxygen atoms in total. The van der Waals surface area contributed by atoms with Gasteiger partial charge in [0.2, 0.25) is 0 Å². The van der Waals surface area contributed by atoms with Crippen molar-refractivity contribution in [2.24, 2.45) is 5.92 Å². The average molecular weight is 696 g/mol. The van der Waals surface area contributed by atoms with Crippen molar-refractivity contribution in [3.8, 4) is 5.75 Å². The van der Waals surface area contributed by atoms with Gasteiger partial charge in [-0.1, -0.05) is 0 Å². The van der Waals surface area contributed by atoms with Crippen LogP contribution < -0.4 is 18.9 Å². The van der Waals surface area contributed by atoms with Gasteiger partial charge < -0.3 is 0 Å². The number of aromatic nitrogens is 3. The molecular formula is C27H30F3N5O4SSn. The van der Waals surface area contributed by atoms with Crippen LogP contribution in [0, 0.1) is 12.8 Å². The molecule has 0 spiro atoms. The predicted molar refractivity (Wildman–Crippen MR) is 149 cm³/mol. The summed E-state index contributed by atoms with van der Waals surface area (Å²) in [5.41, 5.74) is 2.40. The minimum atomic E-state index is -4.76. The number of aliphatic hydroxyl groups excluding tert-OH is 3. The fourth-order valence-electron chi connectivity index (χ4n) is 5.19. The molecule has 5 N–H and O–H groups in total. The van der Waals surface area contributed by atoms with Gasteiger partial charge in [0.15, 0.2) is 0 Å². The number of halogens is 3. The monoisotopic (exact) mass is 697 g/mol. The predicted octanol–water partition coefficient (Wildman–Crippen LogP) is 3.29. The first-order valence-electron chi connectivity index (χ1n) is 13.1. The molecule has 0 amide bonds. The third-order valence-corrected chi connectivity index (χ3v) is 14.3. The van der Waals surface area contributed by atoms with Crippen LogP contribution >= 0.6 is 11.8 Å². The Labute approximate surface area is 249 Å². The van der Waals surface area contributed by atoms with E-state index in [1.165, 1.54) is 20.6 Å². The standard InChI is InChI=1S/C27H30F3N5O4S.Sn/c1-14(17-4-6-18(7-5-17)39-27(28,29)30)32-26-33-15(2)21(13-40-19-8-10-31-11-9-19)25(35-26)34-22-12-20(16(3)36)23(37)24(22)38;/h4-8,10-11,13-14,16,20,22-24,36-38H,12H2,1-3H3,(H2,32,33,34,35);/t14-,16?,20?,22-,23-,24+;/m1./s1. The number of rotatable bonds is 8. The molecular weight excluding hydrogens is 666 g/mol. The number of anilines is 2. The fraction of sp³-hybridized carbons (Fsp3) is 0.444. The van der Waals surface area contributed by atoms with Crippen molar-refractivity contribution in [3.05, 3.63) is 59.5 Å². The van der Waals surface area contributed by atoms with Gasteiger partial charge in [0, 0.05) is 0 Å². The second-order valence-corrected chi connectivity index (χ2v) is 16.6. The van der Waals surface area contributed by atoms with Crippen LogP contribution in [0.4, 0.5) is 24.9 Å². The normalized spacial score (nSPS) is 25.4. The van der Waals surface area contributed by atoms with Crippen molar-refractivity contribution >= 4 is 48.2 Å². The van der Waals surface area contributed by atoms with Crippen molar-refractivity contribution in [3.63, 3.8) is 0 Å². The number of pyridine rings is 1. The number of nitrogens with one attached hydrogen (secondary N) is 2. The number of fused-ring (bicyclic) bond motifs is 1. The van der Waals surface area contributed by atoms with E-state index < -0.39 is 57.8 Å².